The first-order valence-electron chi connectivity index (χ1n) is 8.21. The highest BCUT2D eigenvalue weighted by Gasteiger charge is 2.48. The molecule has 0 aromatic carbocycles. The number of hydrogen-bond donors (Lipinski definition) is 0. The first kappa shape index (κ1) is 19.9. The van der Waals surface area contributed by atoms with Crippen LogP contribution >= 0.6 is 19.2 Å². The van der Waals surface area contributed by atoms with Crippen molar-refractivity contribution in [1.82, 2.24) is 0 Å². The monoisotopic (exact) mass is 380 g/mol. The minimum Gasteiger partial charge on any atom is -0.427 e. The Morgan fingerprint density at radius 1 is 1.25 bits per heavy atom. The third kappa shape index (κ3) is 3.88. The van der Waals surface area contributed by atoms with Crippen LogP contribution in [0.1, 0.15) is 40.0 Å². The lowest BCUT2D eigenvalue weighted by molar-refractivity contribution is -0.179. The molecule has 0 radical (unpaired) electrons. The van der Waals surface area contributed by atoms with Gasteiger partial charge in [-0.2, -0.15) is 0 Å². The molecule has 1 heterocycles. The zero-order chi connectivity index (χ0) is 18.1. The van der Waals surface area contributed by atoms with Crippen molar-refractivity contribution in [2.45, 2.75) is 52.4 Å². The van der Waals surface area contributed by atoms with E-state index in [9.17, 15) is 9.36 Å². The van der Waals surface area contributed by atoms with Gasteiger partial charge in [0, 0.05) is 14.2 Å². The maximum absolute atomic E-state index is 12.7. The zero-order valence-electron chi connectivity index (χ0n) is 14.8. The van der Waals surface area contributed by atoms with Gasteiger partial charge >= 0.3 is 13.6 Å². The summed E-state index contributed by atoms with van der Waals surface area (Å²) in [6, 6.07) is 0. The standard InChI is InChI=1S/C16H26ClO6P/c1-9(2)11-7-6-10(3)8-12(11)22-16-14(13(17)15(18)23-16)24(19,20-4)21-5/h9-12,16H,6-8H2,1-5H3/t10-,11+,12-,16+/m1/s1. The number of halogens is 1. The van der Waals surface area contributed by atoms with Crippen LogP contribution < -0.4 is 0 Å². The van der Waals surface area contributed by atoms with Gasteiger partial charge in [-0.25, -0.2) is 4.79 Å². The van der Waals surface area contributed by atoms with Crippen LogP contribution in [0.15, 0.2) is 10.3 Å². The normalized spacial score (nSPS) is 31.7. The van der Waals surface area contributed by atoms with Gasteiger partial charge in [0.15, 0.2) is 0 Å². The Morgan fingerprint density at radius 2 is 1.88 bits per heavy atom. The minimum absolute atomic E-state index is 0.0418. The summed E-state index contributed by atoms with van der Waals surface area (Å²) in [4.78, 5) is 11.9. The summed E-state index contributed by atoms with van der Waals surface area (Å²) in [5.74, 6) is 0.516. The first-order valence-corrected chi connectivity index (χ1v) is 10.1. The Labute approximate surface area is 148 Å². The molecule has 0 amide bonds. The van der Waals surface area contributed by atoms with Crippen molar-refractivity contribution in [1.29, 1.82) is 0 Å². The van der Waals surface area contributed by atoms with E-state index in [1.807, 2.05) is 0 Å². The lowest BCUT2D eigenvalue weighted by atomic mass is 9.75. The highest BCUT2D eigenvalue weighted by atomic mass is 35.5. The summed E-state index contributed by atoms with van der Waals surface area (Å²) in [6.45, 7) is 6.47. The molecular formula is C16H26ClO6P. The number of ether oxygens (including phenoxy) is 2. The third-order valence-electron chi connectivity index (χ3n) is 4.88. The Balaban J connectivity index is 2.27. The highest BCUT2D eigenvalue weighted by Crippen LogP contribution is 2.60. The van der Waals surface area contributed by atoms with Crippen LogP contribution in [0.5, 0.6) is 0 Å². The fourth-order valence-electron chi connectivity index (χ4n) is 3.46. The molecule has 8 heteroatoms. The molecule has 0 bridgehead atoms. The Morgan fingerprint density at radius 3 is 2.42 bits per heavy atom. The van der Waals surface area contributed by atoms with Gasteiger partial charge in [-0.3, -0.25) is 4.57 Å². The molecule has 1 aliphatic carbocycles. The average molecular weight is 381 g/mol. The van der Waals surface area contributed by atoms with Crippen LogP contribution in [-0.4, -0.2) is 32.6 Å². The maximum atomic E-state index is 12.7. The molecule has 138 valence electrons. The van der Waals surface area contributed by atoms with Crippen LogP contribution in [0.2, 0.25) is 0 Å². The number of carbonyl (C=O) groups is 1. The van der Waals surface area contributed by atoms with Crippen LogP contribution in [0.3, 0.4) is 0 Å². The molecule has 4 atom stereocenters. The molecule has 0 aromatic rings. The largest absolute Gasteiger partial charge is 0.427 e. The molecule has 0 spiro atoms. The van der Waals surface area contributed by atoms with Crippen molar-refractivity contribution in [2.24, 2.45) is 17.8 Å². The first-order chi connectivity index (χ1) is 11.2. The van der Waals surface area contributed by atoms with E-state index in [4.69, 9.17) is 30.1 Å². The Hall–Kier alpha value is -0.390. The third-order valence-corrected chi connectivity index (χ3v) is 7.35. The predicted molar refractivity (Wildman–Crippen MR) is 90.6 cm³/mol. The number of cyclic esters (lactones) is 1. The van der Waals surface area contributed by atoms with Crippen molar-refractivity contribution in [3.05, 3.63) is 10.3 Å². The summed E-state index contributed by atoms with van der Waals surface area (Å²) in [5.41, 5.74) is 0. The van der Waals surface area contributed by atoms with Crippen molar-refractivity contribution in [3.63, 3.8) is 0 Å². The molecular weight excluding hydrogens is 355 g/mol. The van der Waals surface area contributed by atoms with Gasteiger partial charge in [-0.05, 0) is 30.6 Å². The van der Waals surface area contributed by atoms with Crippen LogP contribution in [-0.2, 0) is 27.9 Å². The summed E-state index contributed by atoms with van der Waals surface area (Å²) < 4.78 is 34.0. The fourth-order valence-corrected chi connectivity index (χ4v) is 5.15. The summed E-state index contributed by atoms with van der Waals surface area (Å²) in [7, 11) is -1.25. The predicted octanol–water partition coefficient (Wildman–Crippen LogP) is 4.28. The highest BCUT2D eigenvalue weighted by molar-refractivity contribution is 7.58. The van der Waals surface area contributed by atoms with E-state index in [2.05, 4.69) is 20.8 Å². The van der Waals surface area contributed by atoms with E-state index in [0.717, 1.165) is 19.3 Å². The second kappa shape index (κ2) is 7.88. The minimum atomic E-state index is -3.73. The van der Waals surface area contributed by atoms with Gasteiger partial charge < -0.3 is 18.5 Å². The van der Waals surface area contributed by atoms with Crippen molar-refractivity contribution in [2.75, 3.05) is 14.2 Å². The molecule has 1 saturated carbocycles. The molecule has 0 N–H and O–H groups in total. The SMILES string of the molecule is COP(=O)(OC)C1=C(Cl)C(=O)O[C@@H]1O[C@@H]1C[C@H](C)CC[C@H]1C(C)C. The molecule has 6 nitrogen and oxygen atoms in total. The molecule has 2 aliphatic rings. The van der Waals surface area contributed by atoms with Gasteiger partial charge in [0.05, 0.1) is 6.10 Å². The Kier molecular flexibility index (Phi) is 6.54. The fraction of sp³-hybridized carbons (Fsp3) is 0.812. The van der Waals surface area contributed by atoms with Crippen molar-refractivity contribution < 1.29 is 27.9 Å². The zero-order valence-corrected chi connectivity index (χ0v) is 16.4. The molecule has 0 saturated heterocycles. The van der Waals surface area contributed by atoms with Gasteiger partial charge in [-0.15, -0.1) is 0 Å². The van der Waals surface area contributed by atoms with Crippen molar-refractivity contribution >= 4 is 25.2 Å². The molecule has 24 heavy (non-hydrogen) atoms. The number of rotatable bonds is 6. The number of hydrogen-bond acceptors (Lipinski definition) is 6. The smallest absolute Gasteiger partial charge is 0.364 e. The summed E-state index contributed by atoms with van der Waals surface area (Å²) in [6.07, 6.45) is 1.80. The van der Waals surface area contributed by atoms with E-state index in [1.54, 1.807) is 0 Å². The van der Waals surface area contributed by atoms with Gasteiger partial charge in [0.2, 0.25) is 6.29 Å². The lowest BCUT2D eigenvalue weighted by Crippen LogP contribution is -2.37. The second-order valence-electron chi connectivity index (χ2n) is 6.80. The van der Waals surface area contributed by atoms with Crippen LogP contribution in [0.25, 0.3) is 0 Å². The summed E-state index contributed by atoms with van der Waals surface area (Å²) in [5, 5.41) is -0.322. The molecule has 1 fully saturated rings. The van der Waals surface area contributed by atoms with E-state index < -0.39 is 19.9 Å². The number of carbonyl (C=O) groups excluding carboxylic acids is 1. The van der Waals surface area contributed by atoms with E-state index in [1.165, 1.54) is 14.2 Å². The second-order valence-corrected chi connectivity index (χ2v) is 9.38. The molecule has 0 unspecified atom stereocenters. The average Bonchev–Trinajstić information content (AvgIpc) is 2.81. The summed E-state index contributed by atoms with van der Waals surface area (Å²) >= 11 is 6.00. The van der Waals surface area contributed by atoms with Crippen LogP contribution in [0, 0.1) is 17.8 Å². The van der Waals surface area contributed by atoms with Gasteiger partial charge in [0.25, 0.3) is 0 Å². The quantitative estimate of drug-likeness (QED) is 0.506. The molecule has 0 aromatic heterocycles. The van der Waals surface area contributed by atoms with E-state index in [0.29, 0.717) is 17.8 Å². The van der Waals surface area contributed by atoms with Gasteiger partial charge in [0.1, 0.15) is 10.3 Å². The van der Waals surface area contributed by atoms with E-state index in [-0.39, 0.29) is 16.5 Å². The van der Waals surface area contributed by atoms with Crippen molar-refractivity contribution in [3.8, 4) is 0 Å². The van der Waals surface area contributed by atoms with Crippen LogP contribution in [0.4, 0.5) is 0 Å². The van der Waals surface area contributed by atoms with E-state index >= 15 is 0 Å². The number of esters is 1. The molecule has 1 aliphatic heterocycles. The Bertz CT molecular complexity index is 553. The van der Waals surface area contributed by atoms with Gasteiger partial charge in [-0.1, -0.05) is 38.8 Å². The lowest BCUT2D eigenvalue weighted by Gasteiger charge is -2.38. The maximum Gasteiger partial charge on any atom is 0.364 e. The molecule has 2 rings (SSSR count). The topological polar surface area (TPSA) is 71.1 Å².